The van der Waals surface area contributed by atoms with E-state index in [1.54, 1.807) is 23.6 Å². The molecule has 1 aliphatic rings. The fourth-order valence-electron chi connectivity index (χ4n) is 4.60. The zero-order chi connectivity index (χ0) is 26.1. The number of aromatic nitrogens is 5. The highest BCUT2D eigenvalue weighted by atomic mass is 32.1. The predicted octanol–water partition coefficient (Wildman–Crippen LogP) is 5.10. The van der Waals surface area contributed by atoms with Gasteiger partial charge in [0, 0.05) is 36.0 Å². The maximum atomic E-state index is 14.3. The van der Waals surface area contributed by atoms with E-state index in [1.165, 1.54) is 18.5 Å². The molecule has 0 radical (unpaired) electrons. The number of anilines is 1. The smallest absolute Gasteiger partial charge is 0.164 e. The molecule has 1 aliphatic heterocycles. The SMILES string of the molecule is Cc1ncc(COc2cc(F)cc(Oc3ccc(-c4nn(CC5CCCN5)c5ncnc(N)c45)cc3)c2)s1. The van der Waals surface area contributed by atoms with Crippen molar-refractivity contribution in [1.29, 1.82) is 0 Å². The second-order valence-electron chi connectivity index (χ2n) is 9.16. The lowest BCUT2D eigenvalue weighted by Crippen LogP contribution is -2.27. The largest absolute Gasteiger partial charge is 0.488 e. The van der Waals surface area contributed by atoms with Crippen molar-refractivity contribution in [3.8, 4) is 28.5 Å². The van der Waals surface area contributed by atoms with E-state index < -0.39 is 5.82 Å². The minimum Gasteiger partial charge on any atom is -0.488 e. The van der Waals surface area contributed by atoms with Crippen molar-refractivity contribution in [2.75, 3.05) is 12.3 Å². The first-order valence-electron chi connectivity index (χ1n) is 12.4. The lowest BCUT2D eigenvalue weighted by atomic mass is 10.1. The van der Waals surface area contributed by atoms with Gasteiger partial charge in [0.1, 0.15) is 47.5 Å². The number of nitrogens with two attached hydrogens (primary N) is 1. The highest BCUT2D eigenvalue weighted by Crippen LogP contribution is 2.33. The number of hydrogen-bond acceptors (Lipinski definition) is 9. The van der Waals surface area contributed by atoms with E-state index in [9.17, 15) is 4.39 Å². The average Bonchev–Trinajstić information content (AvgIpc) is 3.65. The van der Waals surface area contributed by atoms with Crippen LogP contribution in [0.25, 0.3) is 22.3 Å². The fourth-order valence-corrected chi connectivity index (χ4v) is 5.31. The van der Waals surface area contributed by atoms with Crippen molar-refractivity contribution >= 4 is 28.2 Å². The van der Waals surface area contributed by atoms with Crippen LogP contribution in [0.15, 0.2) is 55.0 Å². The molecule has 4 heterocycles. The molecule has 0 bridgehead atoms. The van der Waals surface area contributed by atoms with E-state index in [-0.39, 0.29) is 0 Å². The molecule has 5 aromatic rings. The van der Waals surface area contributed by atoms with Gasteiger partial charge in [0.05, 0.1) is 21.8 Å². The number of nitrogens with one attached hydrogen (secondary N) is 1. The van der Waals surface area contributed by atoms with E-state index >= 15 is 0 Å². The van der Waals surface area contributed by atoms with Crippen LogP contribution in [-0.4, -0.2) is 37.3 Å². The van der Waals surface area contributed by atoms with Crippen molar-refractivity contribution in [1.82, 2.24) is 30.0 Å². The van der Waals surface area contributed by atoms with E-state index in [2.05, 4.69) is 20.3 Å². The molecular weight excluding hydrogens is 505 g/mol. The number of aryl methyl sites for hydroxylation is 1. The minimum absolute atomic E-state index is 0.313. The van der Waals surface area contributed by atoms with Crippen LogP contribution >= 0.6 is 11.3 Å². The molecule has 0 spiro atoms. The Balaban J connectivity index is 1.22. The molecule has 11 heteroatoms. The third-order valence-electron chi connectivity index (χ3n) is 6.37. The monoisotopic (exact) mass is 531 g/mol. The lowest BCUT2D eigenvalue weighted by Gasteiger charge is -2.10. The minimum atomic E-state index is -0.446. The van der Waals surface area contributed by atoms with Crippen LogP contribution in [0.4, 0.5) is 10.2 Å². The van der Waals surface area contributed by atoms with Crippen molar-refractivity contribution in [2.24, 2.45) is 0 Å². The van der Waals surface area contributed by atoms with Crippen LogP contribution in [0, 0.1) is 12.7 Å². The number of nitrogens with zero attached hydrogens (tertiary/aromatic N) is 5. The van der Waals surface area contributed by atoms with Gasteiger partial charge >= 0.3 is 0 Å². The van der Waals surface area contributed by atoms with Gasteiger partial charge in [-0.25, -0.2) is 24.0 Å². The normalized spacial score (nSPS) is 15.3. The highest BCUT2D eigenvalue weighted by molar-refractivity contribution is 7.11. The number of thiazole rings is 1. The molecule has 3 aromatic heterocycles. The lowest BCUT2D eigenvalue weighted by molar-refractivity contribution is 0.306. The molecule has 0 aliphatic carbocycles. The molecule has 1 saturated heterocycles. The van der Waals surface area contributed by atoms with Crippen molar-refractivity contribution < 1.29 is 13.9 Å². The van der Waals surface area contributed by atoms with Gasteiger partial charge in [-0.05, 0) is 50.6 Å². The van der Waals surface area contributed by atoms with Gasteiger partial charge in [-0.15, -0.1) is 11.3 Å². The third kappa shape index (κ3) is 5.15. The molecule has 2 aromatic carbocycles. The van der Waals surface area contributed by atoms with Crippen molar-refractivity contribution in [3.05, 3.63) is 70.7 Å². The average molecular weight is 532 g/mol. The second kappa shape index (κ2) is 10.3. The molecule has 1 atom stereocenters. The van der Waals surface area contributed by atoms with Crippen LogP contribution in [0.5, 0.6) is 17.2 Å². The molecule has 3 N–H and O–H groups in total. The van der Waals surface area contributed by atoms with Gasteiger partial charge in [-0.1, -0.05) is 0 Å². The fraction of sp³-hybridized carbons (Fsp3) is 0.259. The van der Waals surface area contributed by atoms with E-state index in [0.717, 1.165) is 40.2 Å². The zero-order valence-corrected chi connectivity index (χ0v) is 21.5. The Kier molecular flexibility index (Phi) is 6.61. The van der Waals surface area contributed by atoms with Gasteiger partial charge in [0.2, 0.25) is 0 Å². The summed E-state index contributed by atoms with van der Waals surface area (Å²) >= 11 is 1.54. The molecule has 1 unspecified atom stereocenters. The second-order valence-corrected chi connectivity index (χ2v) is 10.5. The Bertz CT molecular complexity index is 1580. The summed E-state index contributed by atoms with van der Waals surface area (Å²) in [6.45, 7) is 3.96. The van der Waals surface area contributed by atoms with E-state index in [4.69, 9.17) is 20.3 Å². The summed E-state index contributed by atoms with van der Waals surface area (Å²) in [5.74, 6) is 1.21. The molecule has 1 fully saturated rings. The van der Waals surface area contributed by atoms with Gasteiger partial charge < -0.3 is 20.5 Å². The number of rotatable bonds is 8. The summed E-state index contributed by atoms with van der Waals surface area (Å²) < 4.78 is 27.9. The Morgan fingerprint density at radius 2 is 1.95 bits per heavy atom. The number of fused-ring (bicyclic) bond motifs is 1. The first-order valence-corrected chi connectivity index (χ1v) is 13.2. The molecule has 38 heavy (non-hydrogen) atoms. The number of hydrogen-bond donors (Lipinski definition) is 2. The third-order valence-corrected chi connectivity index (χ3v) is 7.26. The number of benzene rings is 2. The maximum Gasteiger partial charge on any atom is 0.164 e. The summed E-state index contributed by atoms with van der Waals surface area (Å²) in [4.78, 5) is 13.8. The van der Waals surface area contributed by atoms with Crippen molar-refractivity contribution in [2.45, 2.75) is 39.0 Å². The van der Waals surface area contributed by atoms with Gasteiger partial charge in [0.25, 0.3) is 0 Å². The maximum absolute atomic E-state index is 14.3. The van der Waals surface area contributed by atoms with Crippen LogP contribution in [0.3, 0.4) is 0 Å². The van der Waals surface area contributed by atoms with Gasteiger partial charge in [-0.2, -0.15) is 5.10 Å². The Morgan fingerprint density at radius 1 is 1.11 bits per heavy atom. The topological polar surface area (TPSA) is 113 Å². The summed E-state index contributed by atoms with van der Waals surface area (Å²) in [6.07, 6.45) is 5.48. The Morgan fingerprint density at radius 3 is 2.71 bits per heavy atom. The Hall–Kier alpha value is -4.09. The predicted molar refractivity (Wildman–Crippen MR) is 144 cm³/mol. The molecule has 0 amide bonds. The zero-order valence-electron chi connectivity index (χ0n) is 20.7. The van der Waals surface area contributed by atoms with Gasteiger partial charge in [0.15, 0.2) is 5.65 Å². The van der Waals surface area contributed by atoms with Crippen LogP contribution in [0.1, 0.15) is 22.7 Å². The van der Waals surface area contributed by atoms with Crippen molar-refractivity contribution in [3.63, 3.8) is 0 Å². The number of ether oxygens (including phenoxy) is 2. The highest BCUT2D eigenvalue weighted by Gasteiger charge is 2.21. The number of nitrogen functional groups attached to an aromatic ring is 1. The molecule has 6 rings (SSSR count). The summed E-state index contributed by atoms with van der Waals surface area (Å²) in [6, 6.07) is 12.1. The van der Waals surface area contributed by atoms with Crippen LogP contribution in [0.2, 0.25) is 0 Å². The molecule has 0 saturated carbocycles. The van der Waals surface area contributed by atoms with Crippen LogP contribution in [-0.2, 0) is 13.2 Å². The quantitative estimate of drug-likeness (QED) is 0.284. The Labute approximate surface area is 222 Å². The summed E-state index contributed by atoms with van der Waals surface area (Å²) in [5, 5.41) is 10.0. The molecular formula is C27H26FN7O2S. The standard InChI is InChI=1S/C27H26FN7O2S/c1-16-31-12-23(38-16)14-36-21-9-18(28)10-22(11-21)37-20-6-4-17(5-7-20)25-24-26(29)32-15-33-27(24)35(34-25)13-19-3-2-8-30-19/h4-7,9-12,15,19,30H,2-3,8,13-14H2,1H3,(H2,29,32,33). The first kappa shape index (κ1) is 24.3. The molecule has 9 nitrogen and oxygen atoms in total. The van der Waals surface area contributed by atoms with Gasteiger partial charge in [-0.3, -0.25) is 0 Å². The van der Waals surface area contributed by atoms with E-state index in [0.29, 0.717) is 53.6 Å². The number of halogens is 1. The summed E-state index contributed by atoms with van der Waals surface area (Å²) in [5.41, 5.74) is 8.52. The first-order chi connectivity index (χ1) is 18.5. The molecule has 194 valence electrons. The van der Waals surface area contributed by atoms with Crippen LogP contribution < -0.4 is 20.5 Å². The van der Waals surface area contributed by atoms with E-state index in [1.807, 2.05) is 35.9 Å². The summed E-state index contributed by atoms with van der Waals surface area (Å²) in [7, 11) is 0.